The zero-order chi connectivity index (χ0) is 30.6. The van der Waals surface area contributed by atoms with Gasteiger partial charge < -0.3 is 34.3 Å². The summed E-state index contributed by atoms with van der Waals surface area (Å²) in [6.07, 6.45) is 5.20. The van der Waals surface area contributed by atoms with Gasteiger partial charge in [0.15, 0.2) is 11.5 Å². The summed E-state index contributed by atoms with van der Waals surface area (Å²) in [6, 6.07) is 4.29. The minimum absolute atomic E-state index is 0.0633. The highest BCUT2D eigenvalue weighted by molar-refractivity contribution is 5.70. The van der Waals surface area contributed by atoms with E-state index >= 15 is 0 Å². The number of aliphatic hydroxyl groups excluding tert-OH is 2. The molecule has 0 amide bonds. The Morgan fingerprint density at radius 1 is 1.19 bits per heavy atom. The van der Waals surface area contributed by atoms with Gasteiger partial charge in [0.25, 0.3) is 0 Å². The van der Waals surface area contributed by atoms with E-state index in [1.54, 1.807) is 7.11 Å². The normalized spacial score (nSPS) is 37.7. The Hall–Kier alpha value is -1.91. The number of carbonyl (C=O) groups is 1. The van der Waals surface area contributed by atoms with Crippen LogP contribution in [0.15, 0.2) is 12.1 Å². The number of hydrogen-bond acceptors (Lipinski definition) is 9. The van der Waals surface area contributed by atoms with Crippen molar-refractivity contribution >= 4 is 6.16 Å². The van der Waals surface area contributed by atoms with Crippen LogP contribution >= 0.6 is 0 Å². The lowest BCUT2D eigenvalue weighted by atomic mass is 9.33. The number of likely N-dealkylation sites (tertiary alicyclic amines) is 1. The standard InChI is InChI=1S/C34H49NO8/c1-30(2,3)31(4,39)24-17-32-11-12-34(24,40-5)28-33(32)13-14-35(18-20-6-7-20)25(32)16-21-8-9-23(27(43-28)26(21)33)42-29(38)41-15-10-22(37)19-36/h8-9,20,22,24-25,28,36-37,39H,6-7,10-19H2,1-5H3/t22-,24-,25-,28-,31+,32-,33+,34+/m1/s1. The summed E-state index contributed by atoms with van der Waals surface area (Å²) < 4.78 is 24.8. The molecule has 2 spiro atoms. The van der Waals surface area contributed by atoms with Crippen molar-refractivity contribution in [3.05, 3.63) is 23.3 Å². The van der Waals surface area contributed by atoms with E-state index in [1.165, 1.54) is 24.0 Å². The van der Waals surface area contributed by atoms with E-state index in [1.807, 2.05) is 13.0 Å². The van der Waals surface area contributed by atoms with Gasteiger partial charge in [-0.05, 0) is 81.4 Å². The number of piperidine rings is 1. The molecule has 5 fully saturated rings. The van der Waals surface area contributed by atoms with Crippen LogP contribution in [0.25, 0.3) is 0 Å². The van der Waals surface area contributed by atoms with Crippen LogP contribution in [-0.4, -0.2) is 89.2 Å². The van der Waals surface area contributed by atoms with E-state index in [0.29, 0.717) is 17.5 Å². The molecule has 0 aromatic heterocycles. The van der Waals surface area contributed by atoms with Crippen LogP contribution in [0, 0.1) is 22.7 Å². The maximum atomic E-state index is 12.8. The lowest BCUT2D eigenvalue weighted by Gasteiger charge is -2.75. The van der Waals surface area contributed by atoms with Crippen LogP contribution in [0.5, 0.6) is 11.5 Å². The number of nitrogens with zero attached hydrogens (tertiary/aromatic N) is 1. The molecule has 5 aliphatic carbocycles. The van der Waals surface area contributed by atoms with Crippen LogP contribution in [0.1, 0.15) is 83.8 Å². The van der Waals surface area contributed by atoms with Gasteiger partial charge in [-0.2, -0.15) is 0 Å². The van der Waals surface area contributed by atoms with E-state index in [0.717, 1.165) is 51.1 Å². The Morgan fingerprint density at radius 2 is 1.95 bits per heavy atom. The molecule has 43 heavy (non-hydrogen) atoms. The number of fused-ring (bicyclic) bond motifs is 2. The summed E-state index contributed by atoms with van der Waals surface area (Å²) in [7, 11) is 1.78. The highest BCUT2D eigenvalue weighted by atomic mass is 16.7. The maximum absolute atomic E-state index is 12.8. The Labute approximate surface area is 254 Å². The Kier molecular flexibility index (Phi) is 6.78. The first-order chi connectivity index (χ1) is 20.3. The summed E-state index contributed by atoms with van der Waals surface area (Å²) in [5.74, 6) is 1.61. The molecule has 1 aromatic rings. The number of ether oxygens (including phenoxy) is 4. The van der Waals surface area contributed by atoms with Gasteiger partial charge in [0, 0.05) is 48.4 Å². The van der Waals surface area contributed by atoms with E-state index < -0.39 is 30.1 Å². The summed E-state index contributed by atoms with van der Waals surface area (Å²) in [5.41, 5.74) is -0.0344. The molecule has 3 N–H and O–H groups in total. The van der Waals surface area contributed by atoms with E-state index in [4.69, 9.17) is 24.1 Å². The number of rotatable bonds is 9. The second-order valence-electron chi connectivity index (χ2n) is 15.6. The molecule has 2 aliphatic heterocycles. The summed E-state index contributed by atoms with van der Waals surface area (Å²) >= 11 is 0. The molecule has 8 atom stereocenters. The van der Waals surface area contributed by atoms with Crippen molar-refractivity contribution in [1.29, 1.82) is 0 Å². The van der Waals surface area contributed by atoms with Crippen molar-refractivity contribution < 1.29 is 39.1 Å². The van der Waals surface area contributed by atoms with Gasteiger partial charge in [-0.25, -0.2) is 4.79 Å². The molecule has 9 nitrogen and oxygen atoms in total. The predicted octanol–water partition coefficient (Wildman–Crippen LogP) is 3.97. The number of aliphatic hydroxyl groups is 3. The quantitative estimate of drug-likeness (QED) is 0.286. The van der Waals surface area contributed by atoms with Gasteiger partial charge in [0.05, 0.1) is 24.9 Å². The zero-order valence-electron chi connectivity index (χ0n) is 26.4. The molecule has 238 valence electrons. The topological polar surface area (TPSA) is 118 Å². The Bertz CT molecular complexity index is 1290. The summed E-state index contributed by atoms with van der Waals surface area (Å²) in [6.45, 7) is 10.0. The van der Waals surface area contributed by atoms with Crippen LogP contribution in [0.2, 0.25) is 0 Å². The molecule has 1 aromatic carbocycles. The van der Waals surface area contributed by atoms with Crippen molar-refractivity contribution in [3.63, 3.8) is 0 Å². The molecule has 9 heteroatoms. The zero-order valence-corrected chi connectivity index (χ0v) is 26.4. The smallest absolute Gasteiger partial charge is 0.482 e. The van der Waals surface area contributed by atoms with Gasteiger partial charge in [-0.15, -0.1) is 0 Å². The van der Waals surface area contributed by atoms with Crippen LogP contribution < -0.4 is 9.47 Å². The lowest BCUT2D eigenvalue weighted by molar-refractivity contribution is -0.312. The molecule has 2 heterocycles. The summed E-state index contributed by atoms with van der Waals surface area (Å²) in [4.78, 5) is 15.5. The second-order valence-corrected chi connectivity index (χ2v) is 15.6. The predicted molar refractivity (Wildman–Crippen MR) is 158 cm³/mol. The Morgan fingerprint density at radius 3 is 2.63 bits per heavy atom. The van der Waals surface area contributed by atoms with Crippen molar-refractivity contribution in [3.8, 4) is 11.5 Å². The first-order valence-corrected chi connectivity index (χ1v) is 16.3. The molecular weight excluding hydrogens is 550 g/mol. The first kappa shape index (κ1) is 29.8. The number of hydrogen-bond donors (Lipinski definition) is 3. The van der Waals surface area contributed by atoms with Crippen LogP contribution in [0.3, 0.4) is 0 Å². The molecule has 4 saturated carbocycles. The second kappa shape index (κ2) is 9.79. The highest BCUT2D eigenvalue weighted by Crippen LogP contribution is 2.78. The average Bonchev–Trinajstić information content (AvgIpc) is 3.71. The van der Waals surface area contributed by atoms with Crippen LogP contribution in [-0.2, 0) is 21.3 Å². The average molecular weight is 600 g/mol. The van der Waals surface area contributed by atoms with Gasteiger partial charge in [-0.3, -0.25) is 4.90 Å². The van der Waals surface area contributed by atoms with E-state index in [-0.39, 0.29) is 41.3 Å². The van der Waals surface area contributed by atoms with Gasteiger partial charge in [-0.1, -0.05) is 26.8 Å². The molecule has 1 saturated heterocycles. The number of benzene rings is 1. The third kappa shape index (κ3) is 3.97. The van der Waals surface area contributed by atoms with Crippen molar-refractivity contribution in [2.75, 3.05) is 33.4 Å². The van der Waals surface area contributed by atoms with Gasteiger partial charge in [0.1, 0.15) is 11.7 Å². The molecular formula is C34H49NO8. The minimum atomic E-state index is -1.01. The third-order valence-corrected chi connectivity index (χ3v) is 12.9. The fraction of sp³-hybridized carbons (Fsp3) is 0.794. The van der Waals surface area contributed by atoms with E-state index in [9.17, 15) is 15.0 Å². The first-order valence-electron chi connectivity index (χ1n) is 16.3. The molecule has 0 radical (unpaired) electrons. The van der Waals surface area contributed by atoms with Gasteiger partial charge >= 0.3 is 6.16 Å². The highest BCUT2D eigenvalue weighted by Gasteiger charge is 2.82. The van der Waals surface area contributed by atoms with Crippen molar-refractivity contribution in [2.45, 2.75) is 114 Å². The summed E-state index contributed by atoms with van der Waals surface area (Å²) in [5, 5.41) is 31.1. The minimum Gasteiger partial charge on any atom is -0.482 e. The van der Waals surface area contributed by atoms with Crippen LogP contribution in [0.4, 0.5) is 4.79 Å². The SMILES string of the molecule is CO[C@@]12CC[C@@]3(C[C@@H]1[C@](C)(O)C(C)(C)C)[C@H]1Cc4ccc(OC(=O)OCC[C@@H](O)CO)c5c4[C@@]3(CCN1CC1CC1)[C@H]2O5. The molecule has 7 aliphatic rings. The van der Waals surface area contributed by atoms with Crippen molar-refractivity contribution in [2.24, 2.45) is 22.7 Å². The fourth-order valence-corrected chi connectivity index (χ4v) is 10.1. The van der Waals surface area contributed by atoms with Crippen molar-refractivity contribution in [1.82, 2.24) is 4.90 Å². The molecule has 0 unspecified atom stereocenters. The molecule has 8 rings (SSSR count). The maximum Gasteiger partial charge on any atom is 0.513 e. The van der Waals surface area contributed by atoms with Gasteiger partial charge in [0.2, 0.25) is 0 Å². The third-order valence-electron chi connectivity index (χ3n) is 12.9. The Balaban J connectivity index is 1.33. The fourth-order valence-electron chi connectivity index (χ4n) is 10.1. The molecule has 4 bridgehead atoms. The number of methoxy groups -OCH3 is 1. The van der Waals surface area contributed by atoms with E-state index in [2.05, 4.69) is 31.7 Å². The largest absolute Gasteiger partial charge is 0.513 e. The number of carbonyl (C=O) groups excluding carboxylic acids is 1. The monoisotopic (exact) mass is 599 g/mol. The lowest BCUT2D eigenvalue weighted by Crippen LogP contribution is -2.83.